The smallest absolute Gasteiger partial charge is 0.163 e. The number of benzene rings is 2. The van der Waals surface area contributed by atoms with Gasteiger partial charge in [-0.3, -0.25) is 9.97 Å². The van der Waals surface area contributed by atoms with Crippen LogP contribution in [0.15, 0.2) is 122 Å². The predicted molar refractivity (Wildman–Crippen MR) is 143 cm³/mol. The van der Waals surface area contributed by atoms with Crippen LogP contribution in [-0.4, -0.2) is 24.9 Å². The zero-order chi connectivity index (χ0) is 24.2. The van der Waals surface area contributed by atoms with Crippen LogP contribution in [0.1, 0.15) is 18.2 Å². The van der Waals surface area contributed by atoms with E-state index in [0.717, 1.165) is 45.9 Å². The Kier molecular flexibility index (Phi) is 5.94. The van der Waals surface area contributed by atoms with E-state index in [0.29, 0.717) is 11.6 Å². The number of hydrogen-bond acceptors (Lipinski definition) is 5. The van der Waals surface area contributed by atoms with Crippen LogP contribution >= 0.6 is 0 Å². The largest absolute Gasteiger partial charge is 0.256 e. The molecule has 0 spiro atoms. The number of allylic oxidation sites excluding steroid dienone is 4. The fourth-order valence-electron chi connectivity index (χ4n) is 4.30. The Labute approximate surface area is 210 Å². The van der Waals surface area contributed by atoms with E-state index in [-0.39, 0.29) is 5.92 Å². The van der Waals surface area contributed by atoms with Crippen LogP contribution < -0.4 is 0 Å². The standard InChI is InChI=1S/C31H23N5/c1-3-11-22(12-4-1)29-34-30(23-13-5-2-6-14-23)36-31(35-29)26-20-24(27-15-7-9-17-32-27)19-25(21-26)28-16-8-10-18-33-28/h1-13,15-21,23H,14H2. The Balaban J connectivity index is 1.55. The third-order valence-corrected chi connectivity index (χ3v) is 6.11. The molecule has 0 N–H and O–H groups in total. The molecule has 1 aliphatic carbocycles. The number of hydrogen-bond donors (Lipinski definition) is 0. The molecular formula is C31H23N5. The average Bonchev–Trinajstić information content (AvgIpc) is 2.98. The van der Waals surface area contributed by atoms with Crippen molar-refractivity contribution in [3.8, 4) is 45.3 Å². The van der Waals surface area contributed by atoms with Gasteiger partial charge >= 0.3 is 0 Å². The minimum Gasteiger partial charge on any atom is -0.256 e. The normalized spacial score (nSPS) is 14.6. The van der Waals surface area contributed by atoms with Crippen LogP contribution in [0.3, 0.4) is 0 Å². The van der Waals surface area contributed by atoms with Crippen molar-refractivity contribution in [3.63, 3.8) is 0 Å². The molecule has 0 saturated carbocycles. The molecule has 5 nitrogen and oxygen atoms in total. The maximum atomic E-state index is 4.97. The molecule has 1 atom stereocenters. The van der Waals surface area contributed by atoms with E-state index in [1.807, 2.05) is 66.7 Å². The number of pyridine rings is 2. The number of aromatic nitrogens is 5. The van der Waals surface area contributed by atoms with Crippen molar-refractivity contribution in [3.05, 3.63) is 127 Å². The average molecular weight is 466 g/mol. The highest BCUT2D eigenvalue weighted by Gasteiger charge is 2.18. The van der Waals surface area contributed by atoms with Crippen molar-refractivity contribution >= 4 is 0 Å². The highest BCUT2D eigenvalue weighted by Crippen LogP contribution is 2.32. The summed E-state index contributed by atoms with van der Waals surface area (Å²) in [4.78, 5) is 24.0. The molecule has 172 valence electrons. The highest BCUT2D eigenvalue weighted by molar-refractivity contribution is 5.77. The van der Waals surface area contributed by atoms with Crippen LogP contribution in [-0.2, 0) is 0 Å². The summed E-state index contributed by atoms with van der Waals surface area (Å²) in [6, 6.07) is 28.2. The molecule has 0 aliphatic heterocycles. The van der Waals surface area contributed by atoms with Crippen LogP contribution in [0.5, 0.6) is 0 Å². The molecule has 0 amide bonds. The summed E-state index contributed by atoms with van der Waals surface area (Å²) in [6.07, 6.45) is 12.9. The van der Waals surface area contributed by atoms with E-state index in [9.17, 15) is 0 Å². The van der Waals surface area contributed by atoms with E-state index in [2.05, 4.69) is 52.5 Å². The third kappa shape index (κ3) is 4.59. The van der Waals surface area contributed by atoms with E-state index in [1.54, 1.807) is 12.4 Å². The Bertz CT molecular complexity index is 1490. The molecule has 0 bridgehead atoms. The van der Waals surface area contributed by atoms with Crippen LogP contribution in [0.25, 0.3) is 45.3 Å². The summed E-state index contributed by atoms with van der Waals surface area (Å²) < 4.78 is 0. The van der Waals surface area contributed by atoms with Crippen LogP contribution in [0, 0.1) is 0 Å². The van der Waals surface area contributed by atoms with Gasteiger partial charge in [-0.2, -0.15) is 0 Å². The Morgan fingerprint density at radius 1 is 0.556 bits per heavy atom. The minimum atomic E-state index is 0.105. The molecule has 36 heavy (non-hydrogen) atoms. The van der Waals surface area contributed by atoms with Crippen molar-refractivity contribution in [2.45, 2.75) is 12.3 Å². The van der Waals surface area contributed by atoms with Gasteiger partial charge in [-0.1, -0.05) is 66.8 Å². The second-order valence-electron chi connectivity index (χ2n) is 8.59. The summed E-state index contributed by atoms with van der Waals surface area (Å²) in [5.41, 5.74) is 5.59. The summed E-state index contributed by atoms with van der Waals surface area (Å²) >= 11 is 0. The summed E-state index contributed by atoms with van der Waals surface area (Å²) in [5, 5.41) is 0. The molecule has 0 fully saturated rings. The fourth-order valence-corrected chi connectivity index (χ4v) is 4.30. The quantitative estimate of drug-likeness (QED) is 0.282. The SMILES string of the molecule is C1=CCC(c2nc(-c3ccccc3)nc(-c3cc(-c4ccccn4)cc(-c4ccccn4)c3)n2)C=C1. The molecule has 0 radical (unpaired) electrons. The van der Waals surface area contributed by atoms with Crippen molar-refractivity contribution in [2.75, 3.05) is 0 Å². The molecule has 5 heteroatoms. The van der Waals surface area contributed by atoms with Crippen molar-refractivity contribution in [1.29, 1.82) is 0 Å². The second kappa shape index (κ2) is 9.84. The van der Waals surface area contributed by atoms with Gasteiger partial charge in [-0.05, 0) is 48.9 Å². The molecule has 3 heterocycles. The van der Waals surface area contributed by atoms with Gasteiger partial charge in [0.15, 0.2) is 11.6 Å². The topological polar surface area (TPSA) is 64.5 Å². The van der Waals surface area contributed by atoms with Gasteiger partial charge in [0.25, 0.3) is 0 Å². The molecule has 6 rings (SSSR count). The van der Waals surface area contributed by atoms with Gasteiger partial charge in [0.2, 0.25) is 0 Å². The number of nitrogens with zero attached hydrogens (tertiary/aromatic N) is 5. The molecule has 5 aromatic rings. The first kappa shape index (κ1) is 21.7. The molecular weight excluding hydrogens is 442 g/mol. The van der Waals surface area contributed by atoms with Crippen molar-refractivity contribution < 1.29 is 0 Å². The van der Waals surface area contributed by atoms with Gasteiger partial charge in [-0.25, -0.2) is 15.0 Å². The van der Waals surface area contributed by atoms with Gasteiger partial charge < -0.3 is 0 Å². The first-order valence-electron chi connectivity index (χ1n) is 12.0. The Hall–Kier alpha value is -4.77. The molecule has 0 saturated heterocycles. The Morgan fingerprint density at radius 3 is 1.75 bits per heavy atom. The van der Waals surface area contributed by atoms with Crippen molar-refractivity contribution in [1.82, 2.24) is 24.9 Å². The van der Waals surface area contributed by atoms with E-state index in [1.165, 1.54) is 0 Å². The lowest BCUT2D eigenvalue weighted by Crippen LogP contribution is -2.08. The zero-order valence-electron chi connectivity index (χ0n) is 19.6. The lowest BCUT2D eigenvalue weighted by Gasteiger charge is -2.15. The molecule has 1 aliphatic rings. The monoisotopic (exact) mass is 465 g/mol. The lowest BCUT2D eigenvalue weighted by atomic mass is 9.98. The maximum absolute atomic E-state index is 4.97. The van der Waals surface area contributed by atoms with Gasteiger partial charge in [0.05, 0.1) is 11.4 Å². The number of rotatable bonds is 5. The van der Waals surface area contributed by atoms with Crippen LogP contribution in [0.2, 0.25) is 0 Å². The molecule has 3 aromatic heterocycles. The lowest BCUT2D eigenvalue weighted by molar-refractivity contribution is 0.764. The highest BCUT2D eigenvalue weighted by atomic mass is 15.0. The van der Waals surface area contributed by atoms with Gasteiger partial charge in [0, 0.05) is 40.6 Å². The maximum Gasteiger partial charge on any atom is 0.163 e. The fraction of sp³-hybridized carbons (Fsp3) is 0.0645. The predicted octanol–water partition coefficient (Wildman–Crippen LogP) is 6.93. The van der Waals surface area contributed by atoms with E-state index < -0.39 is 0 Å². The second-order valence-corrected chi connectivity index (χ2v) is 8.59. The summed E-state index contributed by atoms with van der Waals surface area (Å²) in [6.45, 7) is 0. The first-order chi connectivity index (χ1) is 17.8. The van der Waals surface area contributed by atoms with E-state index >= 15 is 0 Å². The zero-order valence-corrected chi connectivity index (χ0v) is 19.6. The molecule has 2 aromatic carbocycles. The summed E-state index contributed by atoms with van der Waals surface area (Å²) in [7, 11) is 0. The third-order valence-electron chi connectivity index (χ3n) is 6.11. The molecule has 1 unspecified atom stereocenters. The minimum absolute atomic E-state index is 0.105. The Morgan fingerprint density at radius 2 is 1.17 bits per heavy atom. The van der Waals surface area contributed by atoms with E-state index in [4.69, 9.17) is 15.0 Å². The van der Waals surface area contributed by atoms with Crippen LogP contribution in [0.4, 0.5) is 0 Å². The first-order valence-corrected chi connectivity index (χ1v) is 12.0. The van der Waals surface area contributed by atoms with Crippen molar-refractivity contribution in [2.24, 2.45) is 0 Å². The van der Waals surface area contributed by atoms with Gasteiger partial charge in [-0.15, -0.1) is 0 Å². The summed E-state index contributed by atoms with van der Waals surface area (Å²) in [5.74, 6) is 2.17. The van der Waals surface area contributed by atoms with Gasteiger partial charge in [0.1, 0.15) is 5.82 Å².